The van der Waals surface area contributed by atoms with Gasteiger partial charge in [-0.2, -0.15) is 0 Å². The fourth-order valence-electron chi connectivity index (χ4n) is 7.67. The van der Waals surface area contributed by atoms with Gasteiger partial charge in [0.2, 0.25) is 5.91 Å². The topological polar surface area (TPSA) is 114 Å². The number of hydrogen-bond acceptors (Lipinski definition) is 8. The fraction of sp³-hybridized carbons (Fsp3) is 0.237. The number of fused-ring (bicyclic) bond motifs is 3. The lowest BCUT2D eigenvalue weighted by Crippen LogP contribution is -2.52. The summed E-state index contributed by atoms with van der Waals surface area (Å²) < 4.78 is 18.6. The molecule has 0 radical (unpaired) electrons. The molecule has 48 heavy (non-hydrogen) atoms. The number of ether oxygens (including phenoxy) is 3. The van der Waals surface area contributed by atoms with Crippen molar-refractivity contribution < 1.29 is 33.7 Å². The number of hydrogen-bond donors (Lipinski definition) is 2. The van der Waals surface area contributed by atoms with E-state index in [4.69, 9.17) is 14.2 Å². The van der Waals surface area contributed by atoms with Crippen LogP contribution in [0.1, 0.15) is 40.4 Å². The fourth-order valence-corrected chi connectivity index (χ4v) is 8.16. The number of benzene rings is 4. The highest BCUT2D eigenvalue weighted by molar-refractivity contribution is 14.1. The van der Waals surface area contributed by atoms with E-state index in [-0.39, 0.29) is 19.8 Å². The minimum absolute atomic E-state index is 0.0930. The van der Waals surface area contributed by atoms with Crippen LogP contribution in [0.5, 0.6) is 5.75 Å². The van der Waals surface area contributed by atoms with Crippen LogP contribution in [0.15, 0.2) is 116 Å². The summed E-state index contributed by atoms with van der Waals surface area (Å²) >= 11 is 2.20. The second kappa shape index (κ2) is 13.2. The van der Waals surface area contributed by atoms with E-state index in [9.17, 15) is 19.5 Å². The highest BCUT2D eigenvalue weighted by atomic mass is 127. The molecule has 0 bridgehead atoms. The Morgan fingerprint density at radius 3 is 2.29 bits per heavy atom. The van der Waals surface area contributed by atoms with Gasteiger partial charge in [0.25, 0.3) is 0 Å². The minimum Gasteiger partial charge on any atom is -0.491 e. The number of halogens is 1. The first-order valence-electron chi connectivity index (χ1n) is 15.7. The number of cyclic esters (lactones) is 1. The van der Waals surface area contributed by atoms with Gasteiger partial charge in [-0.05, 0) is 75.2 Å². The minimum atomic E-state index is -1.59. The molecular weight excluding hydrogens is 723 g/mol. The first kappa shape index (κ1) is 32.0. The van der Waals surface area contributed by atoms with Gasteiger partial charge in [0.15, 0.2) is 0 Å². The average Bonchev–Trinajstić information content (AvgIpc) is 3.59. The number of aliphatic hydroxyl groups is 1. The van der Waals surface area contributed by atoms with Crippen molar-refractivity contribution in [3.63, 3.8) is 0 Å². The molecule has 2 fully saturated rings. The molecule has 3 heterocycles. The van der Waals surface area contributed by atoms with Crippen LogP contribution in [-0.2, 0) is 29.3 Å². The highest BCUT2D eigenvalue weighted by Crippen LogP contribution is 2.65. The van der Waals surface area contributed by atoms with E-state index in [1.54, 1.807) is 12.1 Å². The quantitative estimate of drug-likeness (QED) is 0.128. The summed E-state index contributed by atoms with van der Waals surface area (Å²) in [5.74, 6) is -2.46. The molecule has 0 aliphatic carbocycles. The molecule has 0 aromatic heterocycles. The Labute approximate surface area is 291 Å². The number of anilines is 1. The van der Waals surface area contributed by atoms with Crippen molar-refractivity contribution in [2.45, 2.75) is 29.6 Å². The molecule has 3 aliphatic heterocycles. The molecule has 0 saturated carbocycles. The Bertz CT molecular complexity index is 1850. The Kier molecular flexibility index (Phi) is 8.80. The van der Waals surface area contributed by atoms with E-state index < -0.39 is 53.4 Å². The largest absolute Gasteiger partial charge is 0.491 e. The predicted molar refractivity (Wildman–Crippen MR) is 186 cm³/mol. The number of carbonyl (C=O) groups excluding carboxylic acids is 3. The molecule has 1 amide bonds. The molecule has 6 atom stereocenters. The maximum atomic E-state index is 14.8. The Morgan fingerprint density at radius 2 is 1.62 bits per heavy atom. The maximum absolute atomic E-state index is 14.8. The number of morpholine rings is 1. The van der Waals surface area contributed by atoms with Crippen LogP contribution < -0.4 is 10.1 Å². The average molecular weight is 757 g/mol. The van der Waals surface area contributed by atoms with Crippen LogP contribution in [-0.4, -0.2) is 53.7 Å². The Hall–Kier alpha value is -4.52. The molecule has 1 unspecified atom stereocenters. The van der Waals surface area contributed by atoms with Gasteiger partial charge < -0.3 is 24.6 Å². The zero-order valence-electron chi connectivity index (χ0n) is 25.8. The van der Waals surface area contributed by atoms with E-state index in [0.717, 1.165) is 14.7 Å². The van der Waals surface area contributed by atoms with Gasteiger partial charge in [0, 0.05) is 9.26 Å². The van der Waals surface area contributed by atoms with Crippen LogP contribution in [0.4, 0.5) is 5.69 Å². The highest BCUT2D eigenvalue weighted by Gasteiger charge is 2.74. The van der Waals surface area contributed by atoms with E-state index in [1.165, 1.54) is 6.08 Å². The molecule has 1 spiro atoms. The van der Waals surface area contributed by atoms with Crippen molar-refractivity contribution in [1.29, 1.82) is 0 Å². The lowest BCUT2D eigenvalue weighted by molar-refractivity contribution is -0.180. The number of carbonyl (C=O) groups is 3. The van der Waals surface area contributed by atoms with Crippen LogP contribution in [0.2, 0.25) is 0 Å². The van der Waals surface area contributed by atoms with Crippen molar-refractivity contribution in [1.82, 2.24) is 4.90 Å². The molecule has 9 nitrogen and oxygen atoms in total. The van der Waals surface area contributed by atoms with E-state index >= 15 is 0 Å². The summed E-state index contributed by atoms with van der Waals surface area (Å²) in [5, 5.41) is 12.4. The van der Waals surface area contributed by atoms with Gasteiger partial charge >= 0.3 is 11.9 Å². The summed E-state index contributed by atoms with van der Waals surface area (Å²) in [6.07, 6.45) is 0.704. The van der Waals surface area contributed by atoms with Gasteiger partial charge in [-0.15, -0.1) is 0 Å². The third-order valence-electron chi connectivity index (χ3n) is 9.42. The first-order valence-corrected chi connectivity index (χ1v) is 16.8. The Balaban J connectivity index is 1.53. The molecule has 244 valence electrons. The summed E-state index contributed by atoms with van der Waals surface area (Å²) in [6, 6.07) is 29.5. The van der Waals surface area contributed by atoms with Crippen molar-refractivity contribution in [3.05, 3.63) is 142 Å². The monoisotopic (exact) mass is 756 g/mol. The number of rotatable bonds is 9. The summed E-state index contributed by atoms with van der Waals surface area (Å²) in [4.78, 5) is 45.8. The standard InChI is InChI=1S/C38H33IN2O7/c1-2-20-47-35(43)30-32-36(44)48-33(24-11-7-4-8-12-24)31(23-9-5-3-6-10-23)41(32)34(25-13-16-27(17-14-25)46-21-19-42)38(30)28-22-26(39)15-18-29(28)40-37(38)45/h2-18,22,30-34,42H,1,19-21H2,(H,40,45)/t30?,31-,32-,33+,34+,38-/m1/s1. The molecule has 2 N–H and O–H groups in total. The zero-order chi connectivity index (χ0) is 33.4. The smallest absolute Gasteiger partial charge is 0.325 e. The number of nitrogens with one attached hydrogen (secondary N) is 1. The predicted octanol–water partition coefficient (Wildman–Crippen LogP) is 5.66. The second-order valence-electron chi connectivity index (χ2n) is 12.0. The maximum Gasteiger partial charge on any atom is 0.325 e. The molecular formula is C38H33IN2O7. The SMILES string of the molecule is C=CCOC(=O)C1[C@@H]2C(=O)O[C@@H](c3ccccc3)[C@@H](c3ccccc3)N2[C@@H](c2ccc(OCCO)cc2)[C@]12C(=O)Nc1ccc(I)cc12. The van der Waals surface area contributed by atoms with Gasteiger partial charge in [0.05, 0.1) is 18.7 Å². The second-order valence-corrected chi connectivity index (χ2v) is 13.2. The molecule has 4 aromatic carbocycles. The van der Waals surface area contributed by atoms with E-state index in [0.29, 0.717) is 22.6 Å². The van der Waals surface area contributed by atoms with Crippen molar-refractivity contribution in [2.24, 2.45) is 5.92 Å². The first-order chi connectivity index (χ1) is 23.4. The summed E-state index contributed by atoms with van der Waals surface area (Å²) in [6.45, 7) is 3.59. The molecule has 7 rings (SSSR count). The number of nitrogens with zero attached hydrogens (tertiary/aromatic N) is 1. The van der Waals surface area contributed by atoms with Gasteiger partial charge in [0.1, 0.15) is 42.4 Å². The van der Waals surface area contributed by atoms with Crippen LogP contribution in [0, 0.1) is 9.49 Å². The van der Waals surface area contributed by atoms with Crippen LogP contribution in [0.3, 0.4) is 0 Å². The van der Waals surface area contributed by atoms with Gasteiger partial charge in [-0.3, -0.25) is 19.3 Å². The van der Waals surface area contributed by atoms with Crippen LogP contribution >= 0.6 is 22.6 Å². The van der Waals surface area contributed by atoms with Crippen molar-refractivity contribution in [2.75, 3.05) is 25.1 Å². The summed E-state index contributed by atoms with van der Waals surface area (Å²) in [7, 11) is 0. The number of esters is 2. The van der Waals surface area contributed by atoms with E-state index in [1.807, 2.05) is 95.9 Å². The third-order valence-corrected chi connectivity index (χ3v) is 10.1. The van der Waals surface area contributed by atoms with Crippen molar-refractivity contribution in [3.8, 4) is 5.75 Å². The van der Waals surface area contributed by atoms with Crippen LogP contribution in [0.25, 0.3) is 0 Å². The zero-order valence-corrected chi connectivity index (χ0v) is 28.0. The van der Waals surface area contributed by atoms with Gasteiger partial charge in [-0.25, -0.2) is 0 Å². The van der Waals surface area contributed by atoms with Gasteiger partial charge in [-0.1, -0.05) is 85.5 Å². The van der Waals surface area contributed by atoms with Crippen molar-refractivity contribution >= 4 is 46.1 Å². The number of aliphatic hydroxyl groups excluding tert-OH is 1. The third kappa shape index (κ3) is 5.19. The molecule has 10 heteroatoms. The normalized spacial score (nSPS) is 25.9. The van der Waals surface area contributed by atoms with E-state index in [2.05, 4.69) is 34.5 Å². The Morgan fingerprint density at radius 1 is 0.938 bits per heavy atom. The lowest BCUT2D eigenvalue weighted by atomic mass is 9.65. The summed E-state index contributed by atoms with van der Waals surface area (Å²) in [5.41, 5.74) is 1.91. The molecule has 4 aromatic rings. The number of amides is 1. The molecule has 2 saturated heterocycles. The molecule has 3 aliphatic rings. The lowest BCUT2D eigenvalue weighted by Gasteiger charge is -2.46.